The molecule has 32 heavy (non-hydrogen) atoms. The van der Waals surface area contributed by atoms with Gasteiger partial charge in [-0.3, -0.25) is 14.4 Å². The topological polar surface area (TPSA) is 142 Å². The number of benzene rings is 2. The third-order valence-electron chi connectivity index (χ3n) is 5.87. The van der Waals surface area contributed by atoms with Gasteiger partial charge in [-0.1, -0.05) is 30.0 Å². The first-order valence-electron chi connectivity index (χ1n) is 9.66. The summed E-state index contributed by atoms with van der Waals surface area (Å²) in [7, 11) is 1.39. The molecule has 0 bridgehead atoms. The normalized spacial score (nSPS) is 24.0. The van der Waals surface area contributed by atoms with E-state index in [0.29, 0.717) is 11.3 Å². The Morgan fingerprint density at radius 2 is 1.88 bits per heavy atom. The molecule has 0 aliphatic carbocycles. The first-order valence-corrected chi connectivity index (χ1v) is 10.5. The number of ether oxygens (including phenoxy) is 2. The Morgan fingerprint density at radius 3 is 2.59 bits per heavy atom. The highest BCUT2D eigenvalue weighted by Crippen LogP contribution is 2.55. The number of hydrogen-bond donors (Lipinski definition) is 2. The molecule has 2 aromatic rings. The van der Waals surface area contributed by atoms with Gasteiger partial charge in [-0.15, -0.1) is 0 Å². The van der Waals surface area contributed by atoms with Crippen molar-refractivity contribution in [1.29, 1.82) is 0 Å². The van der Waals surface area contributed by atoms with Gasteiger partial charge < -0.3 is 20.9 Å². The van der Waals surface area contributed by atoms with Crippen LogP contribution >= 0.6 is 11.8 Å². The van der Waals surface area contributed by atoms with Crippen LogP contribution in [-0.2, 0) is 14.4 Å². The number of carbonyl (C=O) groups excluding carboxylic acids is 4. The largest absolute Gasteiger partial charge is 0.495 e. The summed E-state index contributed by atoms with van der Waals surface area (Å²) in [5, 5.41) is -0.700. The van der Waals surface area contributed by atoms with E-state index in [0.717, 1.165) is 16.7 Å². The van der Waals surface area contributed by atoms with Crippen LogP contribution in [0.2, 0.25) is 0 Å². The fraction of sp³-hybridized carbons (Fsp3) is 0.182. The molecule has 0 spiro atoms. The molecule has 0 saturated carbocycles. The quantitative estimate of drug-likeness (QED) is 0.404. The van der Waals surface area contributed by atoms with Gasteiger partial charge in [0.05, 0.1) is 29.3 Å². The van der Waals surface area contributed by atoms with Gasteiger partial charge >= 0.3 is 5.97 Å². The summed E-state index contributed by atoms with van der Waals surface area (Å²) in [6.07, 6.45) is 0. The van der Waals surface area contributed by atoms with Crippen molar-refractivity contribution in [2.45, 2.75) is 11.2 Å². The van der Waals surface area contributed by atoms with Crippen LogP contribution < -0.4 is 25.8 Å². The lowest BCUT2D eigenvalue weighted by atomic mass is 9.77. The average Bonchev–Trinajstić information content (AvgIpc) is 3.02. The summed E-state index contributed by atoms with van der Waals surface area (Å²) < 4.78 is 10.7. The fourth-order valence-corrected chi connectivity index (χ4v) is 5.70. The van der Waals surface area contributed by atoms with Gasteiger partial charge in [0.15, 0.2) is 0 Å². The molecule has 4 N–H and O–H groups in total. The smallest absolute Gasteiger partial charge is 0.342 e. The van der Waals surface area contributed by atoms with Crippen LogP contribution in [0.3, 0.4) is 0 Å². The van der Waals surface area contributed by atoms with Gasteiger partial charge in [0, 0.05) is 17.0 Å². The second kappa shape index (κ2) is 7.13. The third kappa shape index (κ3) is 2.72. The molecule has 9 nitrogen and oxygen atoms in total. The number of methoxy groups -OCH3 is 1. The minimum atomic E-state index is -0.884. The predicted molar refractivity (Wildman–Crippen MR) is 115 cm³/mol. The molecule has 5 rings (SSSR count). The third-order valence-corrected chi connectivity index (χ3v) is 7.09. The summed E-state index contributed by atoms with van der Waals surface area (Å²) in [4.78, 5) is 52.5. The summed E-state index contributed by atoms with van der Waals surface area (Å²) in [6.45, 7) is 0. The molecule has 0 unspecified atom stereocenters. The summed E-state index contributed by atoms with van der Waals surface area (Å²) in [5.74, 6) is -3.44. The van der Waals surface area contributed by atoms with Gasteiger partial charge in [-0.2, -0.15) is 0 Å². The summed E-state index contributed by atoms with van der Waals surface area (Å²) in [5.41, 5.74) is 12.6. The molecule has 1 saturated heterocycles. The van der Waals surface area contributed by atoms with Crippen molar-refractivity contribution in [3.8, 4) is 11.5 Å². The fourth-order valence-electron chi connectivity index (χ4n) is 4.46. The summed E-state index contributed by atoms with van der Waals surface area (Å²) in [6, 6.07) is 11.1. The SMILES string of the molecule is COc1ccc(C(N)=O)cc1N1C(=O)[C@@H]2[C@@H](SC(N)=C3C(=O)Oc4ccccc4[C@H]32)C1=O. The van der Waals surface area contributed by atoms with E-state index in [1.54, 1.807) is 24.3 Å². The van der Waals surface area contributed by atoms with E-state index >= 15 is 0 Å². The average molecular weight is 451 g/mol. The van der Waals surface area contributed by atoms with Crippen molar-refractivity contribution in [2.75, 3.05) is 12.0 Å². The zero-order chi connectivity index (χ0) is 22.7. The summed E-state index contributed by atoms with van der Waals surface area (Å²) >= 11 is 0.967. The Kier molecular flexibility index (Phi) is 4.48. The van der Waals surface area contributed by atoms with E-state index in [1.165, 1.54) is 25.3 Å². The molecule has 10 heteroatoms. The van der Waals surface area contributed by atoms with Crippen LogP contribution in [0.1, 0.15) is 21.8 Å². The zero-order valence-corrected chi connectivity index (χ0v) is 17.5. The van der Waals surface area contributed by atoms with Crippen molar-refractivity contribution < 1.29 is 28.7 Å². The van der Waals surface area contributed by atoms with Gasteiger partial charge in [0.2, 0.25) is 17.7 Å². The minimum Gasteiger partial charge on any atom is -0.495 e. The molecule has 3 amide bonds. The highest BCUT2D eigenvalue weighted by atomic mass is 32.2. The molecule has 3 aliphatic rings. The number of carbonyl (C=O) groups is 4. The van der Waals surface area contributed by atoms with Crippen LogP contribution in [0.4, 0.5) is 5.69 Å². The molecular formula is C22H17N3O6S. The van der Waals surface area contributed by atoms with Crippen molar-refractivity contribution in [2.24, 2.45) is 17.4 Å². The van der Waals surface area contributed by atoms with Crippen LogP contribution in [0.5, 0.6) is 11.5 Å². The van der Waals surface area contributed by atoms with Crippen molar-refractivity contribution in [3.63, 3.8) is 0 Å². The van der Waals surface area contributed by atoms with E-state index < -0.39 is 40.8 Å². The maximum atomic E-state index is 13.7. The van der Waals surface area contributed by atoms with Crippen molar-refractivity contribution in [1.82, 2.24) is 0 Å². The molecule has 3 heterocycles. The Morgan fingerprint density at radius 1 is 1.12 bits per heavy atom. The standard InChI is InChI=1S/C22H17N3O6S/c1-30-13-7-6-9(18(23)26)8-11(13)25-20(27)15-14-10-4-2-3-5-12(10)31-22(29)16(14)19(24)32-17(15)21(25)28/h2-8,14-15,17H,24H2,1H3,(H2,23,26)/t14-,15-,17+/m0/s1. The Hall–Kier alpha value is -3.79. The Balaban J connectivity index is 1.66. The number of hydrogen-bond acceptors (Lipinski definition) is 8. The maximum Gasteiger partial charge on any atom is 0.342 e. The lowest BCUT2D eigenvalue weighted by Crippen LogP contribution is -2.39. The number of thioether (sulfide) groups is 1. The van der Waals surface area contributed by atoms with E-state index in [-0.39, 0.29) is 27.6 Å². The van der Waals surface area contributed by atoms with Gasteiger partial charge in [0.25, 0.3) is 0 Å². The molecular weight excluding hydrogens is 434 g/mol. The number of fused-ring (bicyclic) bond motifs is 5. The van der Waals surface area contributed by atoms with E-state index in [2.05, 4.69) is 0 Å². The first-order chi connectivity index (χ1) is 15.3. The van der Waals surface area contributed by atoms with E-state index in [9.17, 15) is 19.2 Å². The van der Waals surface area contributed by atoms with Crippen molar-refractivity contribution in [3.05, 3.63) is 64.2 Å². The first kappa shape index (κ1) is 20.1. The molecule has 2 aromatic carbocycles. The number of nitrogens with zero attached hydrogens (tertiary/aromatic N) is 1. The second-order valence-corrected chi connectivity index (χ2v) is 8.69. The Bertz CT molecular complexity index is 1260. The lowest BCUT2D eigenvalue weighted by molar-refractivity contribution is -0.131. The molecule has 0 aromatic heterocycles. The number of nitrogens with two attached hydrogens (primary N) is 2. The number of imide groups is 1. The second-order valence-electron chi connectivity index (χ2n) is 7.51. The molecule has 162 valence electrons. The minimum absolute atomic E-state index is 0.112. The number of primary amides is 1. The predicted octanol–water partition coefficient (Wildman–Crippen LogP) is 1.27. The lowest BCUT2D eigenvalue weighted by Gasteiger charge is -2.36. The van der Waals surface area contributed by atoms with Crippen molar-refractivity contribution >= 4 is 41.1 Å². The molecule has 3 atom stereocenters. The number of amides is 3. The molecule has 3 aliphatic heterocycles. The maximum absolute atomic E-state index is 13.7. The highest BCUT2D eigenvalue weighted by molar-refractivity contribution is 8.04. The molecule has 0 radical (unpaired) electrons. The van der Waals surface area contributed by atoms with E-state index in [1.807, 2.05) is 0 Å². The van der Waals surface area contributed by atoms with Gasteiger partial charge in [-0.25, -0.2) is 9.69 Å². The highest BCUT2D eigenvalue weighted by Gasteiger charge is 2.59. The van der Waals surface area contributed by atoms with Crippen LogP contribution in [0.15, 0.2) is 53.1 Å². The number of anilines is 1. The van der Waals surface area contributed by atoms with Crippen LogP contribution in [-0.4, -0.2) is 36.1 Å². The monoisotopic (exact) mass is 451 g/mol. The molecule has 1 fully saturated rings. The van der Waals surface area contributed by atoms with E-state index in [4.69, 9.17) is 20.9 Å². The van der Waals surface area contributed by atoms with Gasteiger partial charge in [0.1, 0.15) is 16.7 Å². The number of esters is 1. The van der Waals surface area contributed by atoms with Gasteiger partial charge in [-0.05, 0) is 24.3 Å². The number of rotatable bonds is 3. The van der Waals surface area contributed by atoms with Crippen LogP contribution in [0.25, 0.3) is 0 Å². The Labute approximate surface area is 186 Å². The zero-order valence-electron chi connectivity index (χ0n) is 16.7. The van der Waals surface area contributed by atoms with Crippen LogP contribution in [0, 0.1) is 5.92 Å². The number of para-hydroxylation sites is 1.